The Morgan fingerprint density at radius 1 is 1.50 bits per heavy atom. The molecule has 0 saturated carbocycles. The van der Waals surface area contributed by atoms with Crippen molar-refractivity contribution in [2.45, 2.75) is 6.92 Å². The molecule has 0 fully saturated rings. The summed E-state index contributed by atoms with van der Waals surface area (Å²) in [7, 11) is 1.78. The van der Waals surface area contributed by atoms with Crippen molar-refractivity contribution in [3.63, 3.8) is 0 Å². The highest BCUT2D eigenvalue weighted by Gasteiger charge is 2.10. The number of benzene rings is 1. The molecule has 0 bridgehead atoms. The van der Waals surface area contributed by atoms with E-state index in [-0.39, 0.29) is 0 Å². The van der Waals surface area contributed by atoms with Gasteiger partial charge in [0.2, 0.25) is 0 Å². The molecule has 0 amide bonds. The quantitative estimate of drug-likeness (QED) is 0.675. The van der Waals surface area contributed by atoms with Gasteiger partial charge in [0.15, 0.2) is 12.1 Å². The zero-order chi connectivity index (χ0) is 10.3. The van der Waals surface area contributed by atoms with Crippen molar-refractivity contribution in [2.75, 3.05) is 0 Å². The van der Waals surface area contributed by atoms with Crippen LogP contribution in [0.5, 0.6) is 0 Å². The first kappa shape index (κ1) is 9.21. The third-order valence-corrected chi connectivity index (χ3v) is 2.50. The number of carbonyl (C=O) groups is 1. The topological polar surface area (TPSA) is 34.9 Å². The van der Waals surface area contributed by atoms with E-state index >= 15 is 0 Å². The van der Waals surface area contributed by atoms with E-state index in [2.05, 4.69) is 4.98 Å². The Hall–Kier alpha value is -1.35. The van der Waals surface area contributed by atoms with Crippen molar-refractivity contribution >= 4 is 28.9 Å². The summed E-state index contributed by atoms with van der Waals surface area (Å²) in [6.07, 6.45) is 0.728. The molecule has 1 aromatic heterocycles. The summed E-state index contributed by atoms with van der Waals surface area (Å²) in [5, 5.41) is 0.628. The summed E-state index contributed by atoms with van der Waals surface area (Å²) in [5.74, 6) is 0.396. The molecule has 72 valence electrons. The average molecular weight is 209 g/mol. The zero-order valence-corrected chi connectivity index (χ0v) is 8.67. The van der Waals surface area contributed by atoms with Crippen molar-refractivity contribution in [1.29, 1.82) is 0 Å². The molecule has 0 atom stereocenters. The number of aromatic nitrogens is 2. The molecule has 0 N–H and O–H groups in total. The number of fused-ring (bicyclic) bond motifs is 1. The van der Waals surface area contributed by atoms with Crippen molar-refractivity contribution < 1.29 is 4.79 Å². The van der Waals surface area contributed by atoms with Crippen LogP contribution < -0.4 is 0 Å². The number of hydrogen-bond donors (Lipinski definition) is 0. The van der Waals surface area contributed by atoms with Crippen molar-refractivity contribution in [1.82, 2.24) is 9.55 Å². The minimum absolute atomic E-state index is 0.396. The summed E-state index contributed by atoms with van der Waals surface area (Å²) in [6.45, 7) is 1.95. The van der Waals surface area contributed by atoms with Crippen LogP contribution in [0.25, 0.3) is 11.0 Å². The van der Waals surface area contributed by atoms with Crippen LogP contribution in [0.1, 0.15) is 16.2 Å². The highest BCUT2D eigenvalue weighted by atomic mass is 35.5. The summed E-state index contributed by atoms with van der Waals surface area (Å²) in [4.78, 5) is 14.8. The van der Waals surface area contributed by atoms with Gasteiger partial charge in [0, 0.05) is 7.05 Å². The SMILES string of the molecule is Cc1cc(Cl)c2c(c1)nc(C=O)n2C. The van der Waals surface area contributed by atoms with E-state index in [0.717, 1.165) is 22.9 Å². The lowest BCUT2D eigenvalue weighted by atomic mass is 10.2. The molecule has 3 nitrogen and oxygen atoms in total. The Kier molecular flexibility index (Phi) is 2.04. The number of aldehydes is 1. The maximum Gasteiger partial charge on any atom is 0.185 e. The van der Waals surface area contributed by atoms with Crippen LogP contribution >= 0.6 is 11.6 Å². The lowest BCUT2D eigenvalue weighted by molar-refractivity contribution is 0.111. The minimum atomic E-state index is 0.396. The summed E-state index contributed by atoms with van der Waals surface area (Å²) in [6, 6.07) is 3.77. The van der Waals surface area contributed by atoms with Gasteiger partial charge in [-0.15, -0.1) is 0 Å². The summed E-state index contributed by atoms with van der Waals surface area (Å²) >= 11 is 6.06. The van der Waals surface area contributed by atoms with Gasteiger partial charge < -0.3 is 4.57 Å². The number of rotatable bonds is 1. The maximum atomic E-state index is 10.7. The van der Waals surface area contributed by atoms with E-state index in [0.29, 0.717) is 10.8 Å². The first-order chi connectivity index (χ1) is 6.63. The standard InChI is InChI=1S/C10H9ClN2O/c1-6-3-7(11)10-8(4-6)12-9(5-14)13(10)2/h3-5H,1-2H3. The first-order valence-corrected chi connectivity index (χ1v) is 4.59. The molecule has 2 aromatic rings. The van der Waals surface area contributed by atoms with Gasteiger partial charge in [0.05, 0.1) is 16.1 Å². The average Bonchev–Trinajstić information content (AvgIpc) is 2.42. The molecule has 0 spiro atoms. The van der Waals surface area contributed by atoms with Crippen LogP contribution in [0.15, 0.2) is 12.1 Å². The molecule has 0 aliphatic heterocycles. The number of halogens is 1. The largest absolute Gasteiger partial charge is 0.324 e. The van der Waals surface area contributed by atoms with Gasteiger partial charge in [-0.3, -0.25) is 4.79 Å². The normalized spacial score (nSPS) is 10.8. The van der Waals surface area contributed by atoms with E-state index in [9.17, 15) is 4.79 Å². The maximum absolute atomic E-state index is 10.7. The molecule has 1 aromatic carbocycles. The van der Waals surface area contributed by atoms with Gasteiger partial charge in [-0.1, -0.05) is 11.6 Å². The van der Waals surface area contributed by atoms with Gasteiger partial charge in [-0.2, -0.15) is 0 Å². The molecule has 2 rings (SSSR count). The van der Waals surface area contributed by atoms with Gasteiger partial charge in [0.1, 0.15) is 0 Å². The second-order valence-corrected chi connectivity index (χ2v) is 3.67. The number of carbonyl (C=O) groups excluding carboxylic acids is 1. The third-order valence-electron chi connectivity index (χ3n) is 2.21. The molecule has 0 radical (unpaired) electrons. The highest BCUT2D eigenvalue weighted by molar-refractivity contribution is 6.35. The zero-order valence-electron chi connectivity index (χ0n) is 7.91. The monoisotopic (exact) mass is 208 g/mol. The molecule has 0 saturated heterocycles. The number of aryl methyl sites for hydroxylation is 2. The molecule has 0 aliphatic rings. The Morgan fingerprint density at radius 2 is 2.21 bits per heavy atom. The highest BCUT2D eigenvalue weighted by Crippen LogP contribution is 2.24. The molecule has 4 heteroatoms. The van der Waals surface area contributed by atoms with E-state index in [1.165, 1.54) is 0 Å². The molecule has 1 heterocycles. The van der Waals surface area contributed by atoms with Gasteiger partial charge in [-0.25, -0.2) is 4.98 Å². The lowest BCUT2D eigenvalue weighted by Crippen LogP contribution is -1.95. The lowest BCUT2D eigenvalue weighted by Gasteiger charge is -1.99. The van der Waals surface area contributed by atoms with Crippen molar-refractivity contribution in [3.8, 4) is 0 Å². The summed E-state index contributed by atoms with van der Waals surface area (Å²) < 4.78 is 1.70. The van der Waals surface area contributed by atoms with Crippen LogP contribution in [0.2, 0.25) is 5.02 Å². The van der Waals surface area contributed by atoms with Gasteiger partial charge in [0.25, 0.3) is 0 Å². The van der Waals surface area contributed by atoms with Gasteiger partial charge >= 0.3 is 0 Å². The fourth-order valence-corrected chi connectivity index (χ4v) is 1.95. The Bertz CT molecular complexity index is 516. The molecule has 0 unspecified atom stereocenters. The Balaban J connectivity index is 2.92. The van der Waals surface area contributed by atoms with Crippen LogP contribution in [0.3, 0.4) is 0 Å². The van der Waals surface area contributed by atoms with Gasteiger partial charge in [-0.05, 0) is 24.6 Å². The molecule has 0 aliphatic carbocycles. The van der Waals surface area contributed by atoms with Crippen LogP contribution in [-0.2, 0) is 7.05 Å². The molecular weight excluding hydrogens is 200 g/mol. The molecule has 14 heavy (non-hydrogen) atoms. The fourth-order valence-electron chi connectivity index (χ4n) is 1.55. The fraction of sp³-hybridized carbons (Fsp3) is 0.200. The van der Waals surface area contributed by atoms with E-state index in [4.69, 9.17) is 11.6 Å². The van der Waals surface area contributed by atoms with Crippen LogP contribution in [-0.4, -0.2) is 15.8 Å². The number of imidazole rings is 1. The van der Waals surface area contributed by atoms with Crippen LogP contribution in [0.4, 0.5) is 0 Å². The smallest absolute Gasteiger partial charge is 0.185 e. The first-order valence-electron chi connectivity index (χ1n) is 4.21. The van der Waals surface area contributed by atoms with E-state index < -0.39 is 0 Å². The number of nitrogens with zero attached hydrogens (tertiary/aromatic N) is 2. The molecular formula is C10H9ClN2O. The minimum Gasteiger partial charge on any atom is -0.324 e. The van der Waals surface area contributed by atoms with Crippen molar-refractivity contribution in [2.24, 2.45) is 7.05 Å². The Labute approximate surface area is 86.3 Å². The summed E-state index contributed by atoms with van der Waals surface area (Å²) in [5.41, 5.74) is 2.61. The predicted octanol–water partition coefficient (Wildman–Crippen LogP) is 2.35. The second kappa shape index (κ2) is 3.10. The van der Waals surface area contributed by atoms with Crippen molar-refractivity contribution in [3.05, 3.63) is 28.5 Å². The number of hydrogen-bond acceptors (Lipinski definition) is 2. The second-order valence-electron chi connectivity index (χ2n) is 3.26. The van der Waals surface area contributed by atoms with E-state index in [1.54, 1.807) is 11.6 Å². The predicted molar refractivity (Wildman–Crippen MR) is 55.8 cm³/mol. The Morgan fingerprint density at radius 3 is 2.86 bits per heavy atom. The third kappa shape index (κ3) is 1.21. The van der Waals surface area contributed by atoms with E-state index in [1.807, 2.05) is 19.1 Å². The van der Waals surface area contributed by atoms with Crippen LogP contribution in [0, 0.1) is 6.92 Å².